The number of nitro benzene ring substituents is 1. The third kappa shape index (κ3) is 3.24. The van der Waals surface area contributed by atoms with Crippen LogP contribution in [0.5, 0.6) is 0 Å². The Bertz CT molecular complexity index is 625. The van der Waals surface area contributed by atoms with E-state index in [2.05, 4.69) is 25.2 Å². The van der Waals surface area contributed by atoms with E-state index in [-0.39, 0.29) is 5.69 Å². The average molecular weight is 297 g/mol. The Morgan fingerprint density at radius 3 is 2.63 bits per heavy atom. The molecule has 0 fully saturated rings. The highest BCUT2D eigenvalue weighted by Crippen LogP contribution is 2.28. The molecule has 4 nitrogen and oxygen atoms in total. The van der Waals surface area contributed by atoms with E-state index >= 15 is 0 Å². The number of non-ortho nitro benzene ring substituents is 1. The maximum Gasteiger partial charge on any atom is 0.271 e. The van der Waals surface area contributed by atoms with Crippen molar-refractivity contribution < 1.29 is 4.92 Å². The van der Waals surface area contributed by atoms with Crippen molar-refractivity contribution in [2.75, 3.05) is 5.32 Å². The molecule has 0 saturated carbocycles. The first-order valence-corrected chi connectivity index (χ1v) is 6.90. The number of anilines is 1. The number of halogens is 1. The number of hydrogen-bond donors (Lipinski definition) is 1. The summed E-state index contributed by atoms with van der Waals surface area (Å²) in [5.41, 5.74) is 1.92. The zero-order valence-corrected chi connectivity index (χ0v) is 12.1. The van der Waals surface area contributed by atoms with E-state index in [1.165, 1.54) is 27.5 Å². The van der Waals surface area contributed by atoms with E-state index in [0.29, 0.717) is 17.3 Å². The van der Waals surface area contributed by atoms with Crippen molar-refractivity contribution in [3.63, 3.8) is 0 Å². The Balaban J connectivity index is 2.12. The number of benzene rings is 1. The number of aryl methyl sites for hydroxylation is 2. The molecule has 0 amide bonds. The molecule has 2 aromatic rings. The van der Waals surface area contributed by atoms with Gasteiger partial charge in [-0.1, -0.05) is 11.6 Å². The van der Waals surface area contributed by atoms with Crippen LogP contribution in [0.4, 0.5) is 11.4 Å². The molecule has 0 saturated heterocycles. The Morgan fingerprint density at radius 1 is 1.37 bits per heavy atom. The second kappa shape index (κ2) is 5.59. The third-order valence-corrected chi connectivity index (χ3v) is 4.10. The molecule has 0 aliphatic carbocycles. The van der Waals surface area contributed by atoms with Crippen LogP contribution in [-0.2, 0) is 6.54 Å². The van der Waals surface area contributed by atoms with Gasteiger partial charge in [-0.25, -0.2) is 0 Å². The van der Waals surface area contributed by atoms with Gasteiger partial charge in [-0.05, 0) is 31.5 Å². The van der Waals surface area contributed by atoms with Crippen LogP contribution in [0.2, 0.25) is 5.02 Å². The topological polar surface area (TPSA) is 55.2 Å². The van der Waals surface area contributed by atoms with Gasteiger partial charge in [0.25, 0.3) is 5.69 Å². The summed E-state index contributed by atoms with van der Waals surface area (Å²) in [6.07, 6.45) is 0. The minimum Gasteiger partial charge on any atom is -0.380 e. The highest BCUT2D eigenvalue weighted by molar-refractivity contribution is 7.12. The molecule has 0 atom stereocenters. The molecule has 6 heteroatoms. The molecule has 19 heavy (non-hydrogen) atoms. The Kier molecular flexibility index (Phi) is 4.07. The zero-order chi connectivity index (χ0) is 14.0. The average Bonchev–Trinajstić information content (AvgIpc) is 2.66. The molecule has 1 N–H and O–H groups in total. The van der Waals surface area contributed by atoms with Crippen LogP contribution in [0.25, 0.3) is 0 Å². The second-order valence-corrected chi connectivity index (χ2v) is 6.08. The predicted molar refractivity (Wildman–Crippen MR) is 79.2 cm³/mol. The normalized spacial score (nSPS) is 10.5. The minimum absolute atomic E-state index is 0.00175. The summed E-state index contributed by atoms with van der Waals surface area (Å²) in [6, 6.07) is 6.57. The van der Waals surface area contributed by atoms with E-state index < -0.39 is 4.92 Å². The van der Waals surface area contributed by atoms with Gasteiger partial charge in [0.1, 0.15) is 0 Å². The summed E-state index contributed by atoms with van der Waals surface area (Å²) < 4.78 is 0. The fraction of sp³-hybridized carbons (Fsp3) is 0.231. The van der Waals surface area contributed by atoms with Gasteiger partial charge in [0.05, 0.1) is 15.6 Å². The first-order chi connectivity index (χ1) is 8.97. The summed E-state index contributed by atoms with van der Waals surface area (Å²) >= 11 is 7.77. The van der Waals surface area contributed by atoms with Crippen LogP contribution in [0.1, 0.15) is 15.3 Å². The van der Waals surface area contributed by atoms with Crippen LogP contribution in [-0.4, -0.2) is 4.92 Å². The summed E-state index contributed by atoms with van der Waals surface area (Å²) in [7, 11) is 0. The number of rotatable bonds is 4. The molecular weight excluding hydrogens is 284 g/mol. The number of hydrogen-bond acceptors (Lipinski definition) is 4. The number of nitrogens with zero attached hydrogens (tertiary/aromatic N) is 1. The molecule has 0 radical (unpaired) electrons. The van der Waals surface area contributed by atoms with Gasteiger partial charge in [0.2, 0.25) is 0 Å². The Morgan fingerprint density at radius 2 is 2.11 bits per heavy atom. The number of nitro groups is 1. The maximum atomic E-state index is 10.6. The van der Waals surface area contributed by atoms with Crippen molar-refractivity contribution in [3.8, 4) is 0 Å². The fourth-order valence-corrected chi connectivity index (χ4v) is 3.00. The monoisotopic (exact) mass is 296 g/mol. The molecule has 1 aromatic heterocycles. The first kappa shape index (κ1) is 13.8. The first-order valence-electron chi connectivity index (χ1n) is 5.71. The van der Waals surface area contributed by atoms with Gasteiger partial charge in [0, 0.05) is 28.4 Å². The van der Waals surface area contributed by atoms with Crippen molar-refractivity contribution in [3.05, 3.63) is 54.7 Å². The van der Waals surface area contributed by atoms with Crippen molar-refractivity contribution in [1.82, 2.24) is 0 Å². The van der Waals surface area contributed by atoms with Crippen LogP contribution in [0.15, 0.2) is 24.3 Å². The van der Waals surface area contributed by atoms with Gasteiger partial charge in [0.15, 0.2) is 0 Å². The maximum absolute atomic E-state index is 10.6. The van der Waals surface area contributed by atoms with Crippen molar-refractivity contribution >= 4 is 34.3 Å². The highest BCUT2D eigenvalue weighted by atomic mass is 35.5. The zero-order valence-electron chi connectivity index (χ0n) is 10.6. The smallest absolute Gasteiger partial charge is 0.271 e. The quantitative estimate of drug-likeness (QED) is 0.665. The molecule has 0 aliphatic rings. The third-order valence-electron chi connectivity index (χ3n) is 2.78. The lowest BCUT2D eigenvalue weighted by Gasteiger charge is -2.07. The molecule has 1 heterocycles. The van der Waals surface area contributed by atoms with Crippen LogP contribution in [0.3, 0.4) is 0 Å². The van der Waals surface area contributed by atoms with Gasteiger partial charge >= 0.3 is 0 Å². The van der Waals surface area contributed by atoms with Crippen LogP contribution >= 0.6 is 22.9 Å². The summed E-state index contributed by atoms with van der Waals surface area (Å²) in [6.45, 7) is 4.81. The van der Waals surface area contributed by atoms with Crippen molar-refractivity contribution in [1.29, 1.82) is 0 Å². The van der Waals surface area contributed by atoms with Crippen molar-refractivity contribution in [2.45, 2.75) is 20.4 Å². The molecule has 1 aromatic carbocycles. The van der Waals surface area contributed by atoms with E-state index in [9.17, 15) is 10.1 Å². The minimum atomic E-state index is -0.456. The Hall–Kier alpha value is -1.59. The summed E-state index contributed by atoms with van der Waals surface area (Å²) in [5.74, 6) is 0. The molecule has 0 aliphatic heterocycles. The summed E-state index contributed by atoms with van der Waals surface area (Å²) in [4.78, 5) is 12.7. The SMILES string of the molecule is Cc1cc(CNc2ccc([N+](=O)[O-])cc2Cl)c(C)s1. The van der Waals surface area contributed by atoms with Gasteiger partial charge < -0.3 is 5.32 Å². The lowest BCUT2D eigenvalue weighted by atomic mass is 10.2. The fourth-order valence-electron chi connectivity index (χ4n) is 1.81. The summed E-state index contributed by atoms with van der Waals surface area (Å²) in [5, 5.41) is 14.2. The van der Waals surface area contributed by atoms with Gasteiger partial charge in [-0.15, -0.1) is 11.3 Å². The standard InChI is InChI=1S/C13H13ClN2O2S/c1-8-5-10(9(2)19-8)7-15-13-4-3-11(16(17)18)6-12(13)14/h3-6,15H,7H2,1-2H3. The Labute approximate surface area is 120 Å². The molecular formula is C13H13ClN2O2S. The van der Waals surface area contributed by atoms with Gasteiger partial charge in [-0.2, -0.15) is 0 Å². The van der Waals surface area contributed by atoms with Crippen molar-refractivity contribution in [2.24, 2.45) is 0 Å². The van der Waals surface area contributed by atoms with Gasteiger partial charge in [-0.3, -0.25) is 10.1 Å². The number of thiophene rings is 1. The predicted octanol–water partition coefficient (Wildman–Crippen LogP) is 4.54. The molecule has 2 rings (SSSR count). The van der Waals surface area contributed by atoms with E-state index in [1.54, 1.807) is 17.4 Å². The van der Waals surface area contributed by atoms with Crippen LogP contribution < -0.4 is 5.32 Å². The molecule has 100 valence electrons. The second-order valence-electron chi connectivity index (χ2n) is 4.21. The van der Waals surface area contributed by atoms with E-state index in [0.717, 1.165) is 0 Å². The molecule has 0 unspecified atom stereocenters. The van der Waals surface area contributed by atoms with E-state index in [1.807, 2.05) is 0 Å². The van der Waals surface area contributed by atoms with E-state index in [4.69, 9.17) is 11.6 Å². The molecule has 0 spiro atoms. The highest BCUT2D eigenvalue weighted by Gasteiger charge is 2.10. The van der Waals surface area contributed by atoms with Crippen LogP contribution in [0, 0.1) is 24.0 Å². The largest absolute Gasteiger partial charge is 0.380 e. The number of nitrogens with one attached hydrogen (secondary N) is 1. The lowest BCUT2D eigenvalue weighted by molar-refractivity contribution is -0.384. The lowest BCUT2D eigenvalue weighted by Crippen LogP contribution is -2.00. The molecule has 0 bridgehead atoms.